The molecule has 1 N–H and O–H groups in total. The van der Waals surface area contributed by atoms with Crippen LogP contribution in [0.2, 0.25) is 0 Å². The van der Waals surface area contributed by atoms with Crippen LogP contribution in [0.3, 0.4) is 0 Å². The second kappa shape index (κ2) is 6.24. The van der Waals surface area contributed by atoms with Gasteiger partial charge < -0.3 is 15.4 Å². The average Bonchev–Trinajstić information content (AvgIpc) is 2.65. The fourth-order valence-corrected chi connectivity index (χ4v) is 1.41. The standard InChI is InChI=1S/C9H14N4O3S/c1-7-6-8(13(15)16)11-12(7)4-2-9(14)10-3-5-17/h6,17H,2-5H2,1H3,(H,10,14). The lowest BCUT2D eigenvalue weighted by molar-refractivity contribution is -0.389. The van der Waals surface area contributed by atoms with E-state index in [0.29, 0.717) is 24.5 Å². The fraction of sp³-hybridized carbons (Fsp3) is 0.556. The monoisotopic (exact) mass is 258 g/mol. The molecule has 1 heterocycles. The van der Waals surface area contributed by atoms with E-state index in [9.17, 15) is 14.9 Å². The summed E-state index contributed by atoms with van der Waals surface area (Å²) in [7, 11) is 0. The van der Waals surface area contributed by atoms with Crippen LogP contribution < -0.4 is 5.32 Å². The average molecular weight is 258 g/mol. The van der Waals surface area contributed by atoms with Crippen LogP contribution in [-0.2, 0) is 11.3 Å². The summed E-state index contributed by atoms with van der Waals surface area (Å²) >= 11 is 3.97. The molecule has 94 valence electrons. The summed E-state index contributed by atoms with van der Waals surface area (Å²) in [6.07, 6.45) is 0.244. The number of hydrogen-bond donors (Lipinski definition) is 2. The second-order valence-corrected chi connectivity index (χ2v) is 3.89. The van der Waals surface area contributed by atoms with Gasteiger partial charge in [0.25, 0.3) is 0 Å². The van der Waals surface area contributed by atoms with Crippen LogP contribution in [0.15, 0.2) is 6.07 Å². The molecule has 0 saturated carbocycles. The third kappa shape index (κ3) is 4.06. The lowest BCUT2D eigenvalue weighted by Crippen LogP contribution is -2.26. The van der Waals surface area contributed by atoms with E-state index in [-0.39, 0.29) is 18.1 Å². The third-order valence-electron chi connectivity index (χ3n) is 2.14. The minimum atomic E-state index is -0.551. The largest absolute Gasteiger partial charge is 0.390 e. The number of carbonyl (C=O) groups is 1. The summed E-state index contributed by atoms with van der Waals surface area (Å²) < 4.78 is 1.46. The van der Waals surface area contributed by atoms with Crippen molar-refractivity contribution in [1.29, 1.82) is 0 Å². The molecule has 0 unspecified atom stereocenters. The van der Waals surface area contributed by atoms with Gasteiger partial charge in [-0.2, -0.15) is 17.3 Å². The Hall–Kier alpha value is -1.57. The van der Waals surface area contributed by atoms with E-state index in [1.807, 2.05) is 0 Å². The first-order valence-corrected chi connectivity index (χ1v) is 5.74. The number of aryl methyl sites for hydroxylation is 2. The molecule has 0 aliphatic heterocycles. The van der Waals surface area contributed by atoms with Crippen molar-refractivity contribution in [3.05, 3.63) is 21.9 Å². The topological polar surface area (TPSA) is 90.1 Å². The maximum Gasteiger partial charge on any atom is 0.390 e. The number of nitrogens with one attached hydrogen (secondary N) is 1. The van der Waals surface area contributed by atoms with Crippen molar-refractivity contribution in [2.24, 2.45) is 0 Å². The zero-order valence-electron chi connectivity index (χ0n) is 9.42. The molecule has 1 rings (SSSR count). The molecule has 0 aliphatic rings. The minimum absolute atomic E-state index is 0.114. The summed E-state index contributed by atoms with van der Waals surface area (Å²) in [5.41, 5.74) is 0.665. The number of nitro groups is 1. The Balaban J connectivity index is 2.51. The number of aromatic nitrogens is 2. The summed E-state index contributed by atoms with van der Waals surface area (Å²) in [5, 5.41) is 16.9. The second-order valence-electron chi connectivity index (χ2n) is 3.45. The van der Waals surface area contributed by atoms with Crippen LogP contribution in [0.25, 0.3) is 0 Å². The highest BCUT2D eigenvalue weighted by Gasteiger charge is 2.15. The molecule has 8 heteroatoms. The van der Waals surface area contributed by atoms with E-state index in [1.165, 1.54) is 10.7 Å². The van der Waals surface area contributed by atoms with Crippen LogP contribution in [0.5, 0.6) is 0 Å². The van der Waals surface area contributed by atoms with Gasteiger partial charge in [-0.05, 0) is 11.8 Å². The molecule has 1 aromatic rings. The van der Waals surface area contributed by atoms with Crippen LogP contribution >= 0.6 is 12.6 Å². The molecular formula is C9H14N4O3S. The number of nitrogens with zero attached hydrogens (tertiary/aromatic N) is 3. The van der Waals surface area contributed by atoms with Crippen molar-refractivity contribution in [3.8, 4) is 0 Å². The van der Waals surface area contributed by atoms with Gasteiger partial charge in [0, 0.05) is 18.7 Å². The summed E-state index contributed by atoms with van der Waals surface area (Å²) in [5.74, 6) is 0.271. The number of thiol groups is 1. The zero-order chi connectivity index (χ0) is 12.8. The predicted molar refractivity (Wildman–Crippen MR) is 65.1 cm³/mol. The van der Waals surface area contributed by atoms with Gasteiger partial charge >= 0.3 is 5.82 Å². The number of amides is 1. The molecule has 0 aromatic carbocycles. The number of hydrogen-bond acceptors (Lipinski definition) is 5. The van der Waals surface area contributed by atoms with Crippen LogP contribution in [0.1, 0.15) is 12.1 Å². The molecule has 0 atom stereocenters. The summed E-state index contributed by atoms with van der Waals surface area (Å²) in [4.78, 5) is 21.2. The number of carbonyl (C=O) groups excluding carboxylic acids is 1. The lowest BCUT2D eigenvalue weighted by Gasteiger charge is -2.02. The van der Waals surface area contributed by atoms with Crippen molar-refractivity contribution >= 4 is 24.4 Å². The molecule has 1 amide bonds. The molecule has 7 nitrogen and oxygen atoms in total. The van der Waals surface area contributed by atoms with E-state index >= 15 is 0 Å². The van der Waals surface area contributed by atoms with Crippen molar-refractivity contribution in [1.82, 2.24) is 15.1 Å². The molecular weight excluding hydrogens is 244 g/mol. The highest BCUT2D eigenvalue weighted by molar-refractivity contribution is 7.80. The molecule has 0 aliphatic carbocycles. The van der Waals surface area contributed by atoms with Gasteiger partial charge in [-0.3, -0.25) is 4.79 Å². The van der Waals surface area contributed by atoms with E-state index in [2.05, 4.69) is 23.0 Å². The van der Waals surface area contributed by atoms with Crippen LogP contribution in [-0.4, -0.2) is 32.9 Å². The van der Waals surface area contributed by atoms with Crippen molar-refractivity contribution < 1.29 is 9.72 Å². The Bertz CT molecular complexity index is 418. The van der Waals surface area contributed by atoms with Gasteiger partial charge in [-0.1, -0.05) is 0 Å². The van der Waals surface area contributed by atoms with Gasteiger partial charge in [0.15, 0.2) is 0 Å². The smallest absolute Gasteiger partial charge is 0.358 e. The van der Waals surface area contributed by atoms with Crippen molar-refractivity contribution in [3.63, 3.8) is 0 Å². The Labute approximate surface area is 104 Å². The summed E-state index contributed by atoms with van der Waals surface area (Å²) in [6, 6.07) is 1.38. The quantitative estimate of drug-likeness (QED) is 0.442. The van der Waals surface area contributed by atoms with Crippen molar-refractivity contribution in [2.45, 2.75) is 19.9 Å². The Morgan fingerprint density at radius 2 is 2.41 bits per heavy atom. The minimum Gasteiger partial charge on any atom is -0.358 e. The maximum absolute atomic E-state index is 11.3. The highest BCUT2D eigenvalue weighted by Crippen LogP contribution is 2.11. The van der Waals surface area contributed by atoms with Gasteiger partial charge in [0.2, 0.25) is 5.91 Å². The molecule has 17 heavy (non-hydrogen) atoms. The lowest BCUT2D eigenvalue weighted by atomic mass is 10.4. The van der Waals surface area contributed by atoms with Gasteiger partial charge in [-0.15, -0.1) is 0 Å². The molecule has 1 aromatic heterocycles. The SMILES string of the molecule is Cc1cc([N+](=O)[O-])nn1CCC(=O)NCCS. The Morgan fingerprint density at radius 1 is 1.71 bits per heavy atom. The first-order chi connectivity index (χ1) is 8.04. The zero-order valence-corrected chi connectivity index (χ0v) is 10.3. The molecule has 0 radical (unpaired) electrons. The molecule has 0 saturated heterocycles. The third-order valence-corrected chi connectivity index (χ3v) is 2.36. The van der Waals surface area contributed by atoms with E-state index in [4.69, 9.17) is 0 Å². The van der Waals surface area contributed by atoms with Crippen molar-refractivity contribution in [2.75, 3.05) is 12.3 Å². The first kappa shape index (κ1) is 13.5. The first-order valence-electron chi connectivity index (χ1n) is 5.11. The van der Waals surface area contributed by atoms with E-state index < -0.39 is 4.92 Å². The highest BCUT2D eigenvalue weighted by atomic mass is 32.1. The number of rotatable bonds is 6. The van der Waals surface area contributed by atoms with Crippen LogP contribution in [0, 0.1) is 17.0 Å². The Morgan fingerprint density at radius 3 is 2.94 bits per heavy atom. The van der Waals surface area contributed by atoms with Gasteiger partial charge in [-0.25, -0.2) is 0 Å². The molecule has 0 spiro atoms. The molecule has 0 bridgehead atoms. The van der Waals surface area contributed by atoms with E-state index in [1.54, 1.807) is 6.92 Å². The fourth-order valence-electron chi connectivity index (χ4n) is 1.30. The Kier molecular flexibility index (Phi) is 4.95. The van der Waals surface area contributed by atoms with E-state index in [0.717, 1.165) is 0 Å². The van der Waals surface area contributed by atoms with Gasteiger partial charge in [0.1, 0.15) is 0 Å². The normalized spacial score (nSPS) is 10.2. The maximum atomic E-state index is 11.3. The molecule has 0 fully saturated rings. The predicted octanol–water partition coefficient (Wildman–Crippen LogP) is 0.536. The van der Waals surface area contributed by atoms with Gasteiger partial charge in [0.05, 0.1) is 23.4 Å². The summed E-state index contributed by atoms with van der Waals surface area (Å²) in [6.45, 7) is 2.56. The van der Waals surface area contributed by atoms with Crippen LogP contribution in [0.4, 0.5) is 5.82 Å².